The molecule has 0 atom stereocenters. The number of halogens is 2. The van der Waals surface area contributed by atoms with E-state index in [1.807, 2.05) is 84.9 Å². The lowest BCUT2D eigenvalue weighted by Crippen LogP contribution is -2.05. The average molecular weight is 546 g/mol. The maximum atomic E-state index is 14.5. The third-order valence-electron chi connectivity index (χ3n) is 8.05. The van der Waals surface area contributed by atoms with Gasteiger partial charge in [0.1, 0.15) is 23.3 Å². The van der Waals surface area contributed by atoms with Gasteiger partial charge in [0, 0.05) is 27.6 Å². The Morgan fingerprint density at radius 1 is 0.452 bits per heavy atom. The summed E-state index contributed by atoms with van der Waals surface area (Å²) in [5.41, 5.74) is 6.45. The first-order valence-corrected chi connectivity index (χ1v) is 13.6. The Hall–Kier alpha value is -5.73. The van der Waals surface area contributed by atoms with Gasteiger partial charge in [-0.1, -0.05) is 72.8 Å². The SMILES string of the molecule is N#Cc1c(-n2c3ccccc3c3ccccc32)cc(-c2cc(F)cc(F)c2)cc1-n1c2ccccc2c2ccccc21. The van der Waals surface area contributed by atoms with Crippen LogP contribution in [0.4, 0.5) is 8.78 Å². The minimum Gasteiger partial charge on any atom is -0.308 e. The van der Waals surface area contributed by atoms with Crippen LogP contribution in [-0.2, 0) is 0 Å². The van der Waals surface area contributed by atoms with Crippen LogP contribution >= 0.6 is 0 Å². The van der Waals surface area contributed by atoms with Gasteiger partial charge in [-0.3, -0.25) is 0 Å². The molecule has 2 aromatic heterocycles. The minimum absolute atomic E-state index is 0.390. The maximum absolute atomic E-state index is 14.5. The third-order valence-corrected chi connectivity index (χ3v) is 8.05. The third kappa shape index (κ3) is 3.49. The highest BCUT2D eigenvalue weighted by atomic mass is 19.1. The summed E-state index contributed by atoms with van der Waals surface area (Å²) in [7, 11) is 0. The highest BCUT2D eigenvalue weighted by Crippen LogP contribution is 2.40. The minimum atomic E-state index is -0.661. The topological polar surface area (TPSA) is 33.6 Å². The molecule has 2 heterocycles. The lowest BCUT2D eigenvalue weighted by atomic mass is 9.99. The molecule has 198 valence electrons. The van der Waals surface area contributed by atoms with E-state index in [9.17, 15) is 14.0 Å². The van der Waals surface area contributed by atoms with Gasteiger partial charge >= 0.3 is 0 Å². The van der Waals surface area contributed by atoms with Crippen molar-refractivity contribution in [1.29, 1.82) is 5.26 Å². The van der Waals surface area contributed by atoms with Crippen molar-refractivity contribution in [2.75, 3.05) is 0 Å². The molecule has 0 aliphatic carbocycles. The Morgan fingerprint density at radius 2 is 0.786 bits per heavy atom. The second-order valence-electron chi connectivity index (χ2n) is 10.4. The zero-order chi connectivity index (χ0) is 28.4. The Bertz CT molecular complexity index is 2140. The molecule has 5 heteroatoms. The first-order valence-electron chi connectivity index (χ1n) is 13.6. The van der Waals surface area contributed by atoms with Crippen LogP contribution in [0.25, 0.3) is 66.1 Å². The molecule has 8 aromatic rings. The molecule has 0 aliphatic rings. The Balaban J connectivity index is 1.58. The van der Waals surface area contributed by atoms with Crippen LogP contribution in [0.2, 0.25) is 0 Å². The summed E-state index contributed by atoms with van der Waals surface area (Å²) in [6.07, 6.45) is 0. The molecule has 6 aromatic carbocycles. The quantitative estimate of drug-likeness (QED) is 0.218. The van der Waals surface area contributed by atoms with Crippen molar-refractivity contribution >= 4 is 43.6 Å². The van der Waals surface area contributed by atoms with E-state index >= 15 is 0 Å². The van der Waals surface area contributed by atoms with E-state index < -0.39 is 11.6 Å². The summed E-state index contributed by atoms with van der Waals surface area (Å²) < 4.78 is 33.2. The van der Waals surface area contributed by atoms with Gasteiger partial charge in [-0.2, -0.15) is 5.26 Å². The van der Waals surface area contributed by atoms with Crippen molar-refractivity contribution in [3.05, 3.63) is 145 Å². The standard InChI is InChI=1S/C37H21F2N3/c38-25-17-23(18-26(39)21-25)24-19-36(41-32-13-5-1-9-27(32)28-10-2-6-14-33(28)41)31(22-40)37(20-24)42-34-15-7-3-11-29(34)30-12-4-8-16-35(30)42/h1-21H. The number of para-hydroxylation sites is 4. The molecular weight excluding hydrogens is 524 g/mol. The van der Waals surface area contributed by atoms with E-state index in [1.165, 1.54) is 12.1 Å². The lowest BCUT2D eigenvalue weighted by molar-refractivity contribution is 0.584. The van der Waals surface area contributed by atoms with Crippen molar-refractivity contribution < 1.29 is 8.78 Å². The van der Waals surface area contributed by atoms with E-state index in [2.05, 4.69) is 39.5 Å². The fraction of sp³-hybridized carbons (Fsp3) is 0. The van der Waals surface area contributed by atoms with Gasteiger partial charge in [0.2, 0.25) is 0 Å². The number of hydrogen-bond acceptors (Lipinski definition) is 1. The lowest BCUT2D eigenvalue weighted by Gasteiger charge is -2.18. The van der Waals surface area contributed by atoms with Gasteiger partial charge < -0.3 is 9.13 Å². The summed E-state index contributed by atoms with van der Waals surface area (Å²) in [4.78, 5) is 0. The number of aromatic nitrogens is 2. The average Bonchev–Trinajstić information content (AvgIpc) is 3.53. The van der Waals surface area contributed by atoms with Gasteiger partial charge in [0.15, 0.2) is 0 Å². The second-order valence-corrected chi connectivity index (χ2v) is 10.4. The fourth-order valence-corrected chi connectivity index (χ4v) is 6.33. The smallest absolute Gasteiger partial charge is 0.126 e. The molecule has 0 spiro atoms. The van der Waals surface area contributed by atoms with Crippen molar-refractivity contribution in [2.24, 2.45) is 0 Å². The highest BCUT2D eigenvalue weighted by Gasteiger charge is 2.22. The van der Waals surface area contributed by atoms with Crippen LogP contribution in [0.5, 0.6) is 0 Å². The van der Waals surface area contributed by atoms with Crippen LogP contribution in [0.1, 0.15) is 5.56 Å². The zero-order valence-corrected chi connectivity index (χ0v) is 22.2. The molecular formula is C37H21F2N3. The first-order chi connectivity index (χ1) is 20.6. The van der Waals surface area contributed by atoms with Crippen LogP contribution in [-0.4, -0.2) is 9.13 Å². The molecule has 0 saturated heterocycles. The highest BCUT2D eigenvalue weighted by molar-refractivity contribution is 6.11. The van der Waals surface area contributed by atoms with Crippen LogP contribution < -0.4 is 0 Å². The largest absolute Gasteiger partial charge is 0.308 e. The predicted molar refractivity (Wildman–Crippen MR) is 165 cm³/mol. The number of fused-ring (bicyclic) bond motifs is 6. The first kappa shape index (κ1) is 24.1. The summed E-state index contributed by atoms with van der Waals surface area (Å²) >= 11 is 0. The van der Waals surface area contributed by atoms with Crippen molar-refractivity contribution in [3.63, 3.8) is 0 Å². The number of hydrogen-bond donors (Lipinski definition) is 0. The molecule has 0 unspecified atom stereocenters. The number of benzene rings is 6. The van der Waals surface area contributed by atoms with E-state index in [-0.39, 0.29) is 0 Å². The molecule has 0 radical (unpaired) electrons. The van der Waals surface area contributed by atoms with Crippen molar-refractivity contribution in [3.8, 4) is 28.6 Å². The molecule has 0 saturated carbocycles. The maximum Gasteiger partial charge on any atom is 0.126 e. The molecule has 0 N–H and O–H groups in total. The fourth-order valence-electron chi connectivity index (χ4n) is 6.33. The van der Waals surface area contributed by atoms with Crippen LogP contribution in [0, 0.1) is 23.0 Å². The van der Waals surface area contributed by atoms with Gasteiger partial charge in [0.25, 0.3) is 0 Å². The summed E-state index contributed by atoms with van der Waals surface area (Å²) in [6, 6.07) is 42.1. The Kier molecular flexibility index (Phi) is 5.25. The number of nitriles is 1. The van der Waals surface area contributed by atoms with Gasteiger partial charge in [-0.25, -0.2) is 8.78 Å². The molecule has 0 amide bonds. The van der Waals surface area contributed by atoms with Crippen molar-refractivity contribution in [1.82, 2.24) is 9.13 Å². The second kappa shape index (κ2) is 9.15. The molecule has 8 rings (SSSR count). The normalized spacial score (nSPS) is 11.5. The van der Waals surface area contributed by atoms with E-state index in [4.69, 9.17) is 0 Å². The van der Waals surface area contributed by atoms with Gasteiger partial charge in [0.05, 0.1) is 33.4 Å². The molecule has 42 heavy (non-hydrogen) atoms. The Labute approximate surface area is 239 Å². The monoisotopic (exact) mass is 545 g/mol. The van der Waals surface area contributed by atoms with Gasteiger partial charge in [-0.15, -0.1) is 0 Å². The van der Waals surface area contributed by atoms with Crippen LogP contribution in [0.15, 0.2) is 127 Å². The molecule has 0 aliphatic heterocycles. The van der Waals surface area contributed by atoms with Gasteiger partial charge in [-0.05, 0) is 59.7 Å². The Morgan fingerprint density at radius 3 is 1.14 bits per heavy atom. The van der Waals surface area contributed by atoms with E-state index in [1.54, 1.807) is 0 Å². The zero-order valence-electron chi connectivity index (χ0n) is 22.2. The molecule has 0 fully saturated rings. The number of rotatable bonds is 3. The molecule has 0 bridgehead atoms. The summed E-state index contributed by atoms with van der Waals surface area (Å²) in [5.74, 6) is -1.32. The van der Waals surface area contributed by atoms with Crippen LogP contribution in [0.3, 0.4) is 0 Å². The summed E-state index contributed by atoms with van der Waals surface area (Å²) in [6.45, 7) is 0. The molecule has 3 nitrogen and oxygen atoms in total. The van der Waals surface area contributed by atoms with E-state index in [0.29, 0.717) is 28.1 Å². The summed E-state index contributed by atoms with van der Waals surface area (Å²) in [5, 5.41) is 15.1. The number of nitrogens with zero attached hydrogens (tertiary/aromatic N) is 3. The predicted octanol–water partition coefficient (Wildman–Crippen LogP) is 9.70. The van der Waals surface area contributed by atoms with E-state index in [0.717, 1.165) is 49.7 Å². The van der Waals surface area contributed by atoms with Crippen molar-refractivity contribution in [2.45, 2.75) is 0 Å².